The van der Waals surface area contributed by atoms with Crippen LogP contribution in [0.4, 0.5) is 4.39 Å². The van der Waals surface area contributed by atoms with Gasteiger partial charge in [0, 0.05) is 17.4 Å². The Morgan fingerprint density at radius 2 is 1.96 bits per heavy atom. The van der Waals surface area contributed by atoms with E-state index in [9.17, 15) is 19.1 Å². The van der Waals surface area contributed by atoms with Crippen molar-refractivity contribution in [3.8, 4) is 0 Å². The van der Waals surface area contributed by atoms with Gasteiger partial charge in [-0.15, -0.1) is 0 Å². The molecule has 0 atom stereocenters. The molecule has 23 heavy (non-hydrogen) atoms. The van der Waals surface area contributed by atoms with Gasteiger partial charge in [0.1, 0.15) is 11.5 Å². The molecular weight excluding hydrogens is 299 g/mol. The van der Waals surface area contributed by atoms with Gasteiger partial charge in [0.15, 0.2) is 0 Å². The Labute approximate surface area is 132 Å². The standard InChI is InChI=1S/C17H19FN2O3/c18-12-4-5-13-11(8-12)9-14(20-13)15(21)19-10-17(16(22)23)6-2-1-3-7-17/h4-5,8-9,20H,1-3,6-7,10H2,(H,19,21)(H,22,23). The number of hydrogen-bond donors (Lipinski definition) is 3. The van der Waals surface area contributed by atoms with E-state index in [-0.39, 0.29) is 18.3 Å². The lowest BCUT2D eigenvalue weighted by Gasteiger charge is -2.33. The maximum atomic E-state index is 13.2. The Kier molecular flexibility index (Phi) is 4.07. The molecule has 1 aromatic carbocycles. The van der Waals surface area contributed by atoms with Gasteiger partial charge in [-0.25, -0.2) is 4.39 Å². The zero-order valence-corrected chi connectivity index (χ0v) is 12.7. The molecule has 3 N–H and O–H groups in total. The summed E-state index contributed by atoms with van der Waals surface area (Å²) < 4.78 is 13.2. The molecular formula is C17H19FN2O3. The molecule has 3 rings (SSSR count). The van der Waals surface area contributed by atoms with E-state index in [0.29, 0.717) is 29.4 Å². The molecule has 1 amide bonds. The van der Waals surface area contributed by atoms with E-state index in [2.05, 4.69) is 10.3 Å². The van der Waals surface area contributed by atoms with Crippen LogP contribution < -0.4 is 5.32 Å². The number of amides is 1. The van der Waals surface area contributed by atoms with Gasteiger partial charge in [-0.3, -0.25) is 9.59 Å². The smallest absolute Gasteiger partial charge is 0.311 e. The third-order valence-electron chi connectivity index (χ3n) is 4.68. The first-order valence-corrected chi connectivity index (χ1v) is 7.80. The van der Waals surface area contributed by atoms with Crippen molar-refractivity contribution in [3.05, 3.63) is 35.8 Å². The van der Waals surface area contributed by atoms with E-state index < -0.39 is 11.4 Å². The number of carbonyl (C=O) groups is 2. The number of halogens is 1. The number of aliphatic carboxylic acids is 1. The monoisotopic (exact) mass is 318 g/mol. The zero-order chi connectivity index (χ0) is 16.4. The van der Waals surface area contributed by atoms with Crippen LogP contribution in [0.5, 0.6) is 0 Å². The molecule has 0 saturated heterocycles. The van der Waals surface area contributed by atoms with Crippen LogP contribution in [-0.4, -0.2) is 28.5 Å². The van der Waals surface area contributed by atoms with Gasteiger partial charge in [0.25, 0.3) is 5.91 Å². The number of carboxylic acid groups (broad SMARTS) is 1. The van der Waals surface area contributed by atoms with Crippen molar-refractivity contribution >= 4 is 22.8 Å². The van der Waals surface area contributed by atoms with Crippen LogP contribution in [0.1, 0.15) is 42.6 Å². The molecule has 1 aromatic heterocycles. The lowest BCUT2D eigenvalue weighted by molar-refractivity contribution is -0.150. The summed E-state index contributed by atoms with van der Waals surface area (Å²) in [5, 5.41) is 12.8. The third kappa shape index (κ3) is 3.06. The Morgan fingerprint density at radius 1 is 1.22 bits per heavy atom. The number of aromatic amines is 1. The average molecular weight is 318 g/mol. The van der Waals surface area contributed by atoms with Crippen LogP contribution in [0.25, 0.3) is 10.9 Å². The van der Waals surface area contributed by atoms with Crippen LogP contribution in [0.15, 0.2) is 24.3 Å². The Bertz CT molecular complexity index is 747. The molecule has 1 aliphatic carbocycles. The highest BCUT2D eigenvalue weighted by Gasteiger charge is 2.39. The highest BCUT2D eigenvalue weighted by Crippen LogP contribution is 2.36. The summed E-state index contributed by atoms with van der Waals surface area (Å²) in [5.41, 5.74) is 0.107. The van der Waals surface area contributed by atoms with Crippen LogP contribution in [0.2, 0.25) is 0 Å². The topological polar surface area (TPSA) is 82.2 Å². The molecule has 2 aromatic rings. The molecule has 122 valence electrons. The number of carbonyl (C=O) groups excluding carboxylic acids is 1. The summed E-state index contributed by atoms with van der Waals surface area (Å²) in [6.07, 6.45) is 3.94. The van der Waals surface area contributed by atoms with Gasteiger partial charge in [0.2, 0.25) is 0 Å². The Morgan fingerprint density at radius 3 is 2.65 bits per heavy atom. The van der Waals surface area contributed by atoms with Crippen molar-refractivity contribution in [1.29, 1.82) is 0 Å². The second kappa shape index (κ2) is 6.02. The first kappa shape index (κ1) is 15.5. The Balaban J connectivity index is 1.73. The van der Waals surface area contributed by atoms with Gasteiger partial charge in [0.05, 0.1) is 5.41 Å². The SMILES string of the molecule is O=C(NCC1(C(=O)O)CCCCC1)c1cc2cc(F)ccc2[nH]1. The van der Waals surface area contributed by atoms with Crippen molar-refractivity contribution in [1.82, 2.24) is 10.3 Å². The number of rotatable bonds is 4. The van der Waals surface area contributed by atoms with Gasteiger partial charge >= 0.3 is 5.97 Å². The van der Waals surface area contributed by atoms with E-state index in [4.69, 9.17) is 0 Å². The maximum absolute atomic E-state index is 13.2. The maximum Gasteiger partial charge on any atom is 0.311 e. The van der Waals surface area contributed by atoms with E-state index in [1.165, 1.54) is 12.1 Å². The first-order valence-electron chi connectivity index (χ1n) is 7.80. The van der Waals surface area contributed by atoms with E-state index in [1.807, 2.05) is 0 Å². The second-order valence-corrected chi connectivity index (χ2v) is 6.24. The lowest BCUT2D eigenvalue weighted by Crippen LogP contribution is -2.44. The normalized spacial score (nSPS) is 17.1. The van der Waals surface area contributed by atoms with Crippen molar-refractivity contribution in [2.24, 2.45) is 5.41 Å². The van der Waals surface area contributed by atoms with Crippen molar-refractivity contribution in [2.75, 3.05) is 6.54 Å². The van der Waals surface area contributed by atoms with Crippen LogP contribution >= 0.6 is 0 Å². The third-order valence-corrected chi connectivity index (χ3v) is 4.68. The van der Waals surface area contributed by atoms with E-state index >= 15 is 0 Å². The first-order chi connectivity index (χ1) is 11.0. The molecule has 0 spiro atoms. The van der Waals surface area contributed by atoms with Gasteiger partial charge in [-0.1, -0.05) is 19.3 Å². The molecule has 0 bridgehead atoms. The molecule has 0 radical (unpaired) electrons. The zero-order valence-electron chi connectivity index (χ0n) is 12.7. The highest BCUT2D eigenvalue weighted by molar-refractivity contribution is 5.98. The van der Waals surface area contributed by atoms with Crippen molar-refractivity contribution < 1.29 is 19.1 Å². The summed E-state index contributed by atoms with van der Waals surface area (Å²) in [4.78, 5) is 26.8. The molecule has 6 heteroatoms. The fraction of sp³-hybridized carbons (Fsp3) is 0.412. The van der Waals surface area contributed by atoms with E-state index in [0.717, 1.165) is 19.3 Å². The van der Waals surface area contributed by atoms with Crippen LogP contribution in [0, 0.1) is 11.2 Å². The minimum Gasteiger partial charge on any atom is -0.481 e. The van der Waals surface area contributed by atoms with Crippen molar-refractivity contribution in [3.63, 3.8) is 0 Å². The quantitative estimate of drug-likeness (QED) is 0.810. The fourth-order valence-electron chi connectivity index (χ4n) is 3.27. The van der Waals surface area contributed by atoms with Crippen LogP contribution in [0.3, 0.4) is 0 Å². The molecule has 1 saturated carbocycles. The predicted molar refractivity (Wildman–Crippen MR) is 83.7 cm³/mol. The number of aromatic nitrogens is 1. The fourth-order valence-corrected chi connectivity index (χ4v) is 3.27. The summed E-state index contributed by atoms with van der Waals surface area (Å²) in [5.74, 6) is -1.58. The molecule has 1 heterocycles. The Hall–Kier alpha value is -2.37. The molecule has 0 aliphatic heterocycles. The number of benzene rings is 1. The number of H-pyrrole nitrogens is 1. The summed E-state index contributed by atoms with van der Waals surface area (Å²) in [7, 11) is 0. The van der Waals surface area contributed by atoms with Crippen molar-refractivity contribution in [2.45, 2.75) is 32.1 Å². The minimum absolute atomic E-state index is 0.116. The molecule has 1 aliphatic rings. The predicted octanol–water partition coefficient (Wildman–Crippen LogP) is 3.07. The molecule has 0 unspecified atom stereocenters. The van der Waals surface area contributed by atoms with Gasteiger partial charge in [-0.2, -0.15) is 0 Å². The summed E-state index contributed by atoms with van der Waals surface area (Å²) in [6, 6.07) is 5.81. The average Bonchev–Trinajstić information content (AvgIpc) is 2.96. The van der Waals surface area contributed by atoms with E-state index in [1.54, 1.807) is 12.1 Å². The van der Waals surface area contributed by atoms with Gasteiger partial charge < -0.3 is 15.4 Å². The largest absolute Gasteiger partial charge is 0.481 e. The minimum atomic E-state index is -0.869. The lowest BCUT2D eigenvalue weighted by atomic mass is 9.74. The molecule has 1 fully saturated rings. The molecule has 5 nitrogen and oxygen atoms in total. The summed E-state index contributed by atoms with van der Waals surface area (Å²) >= 11 is 0. The van der Waals surface area contributed by atoms with Crippen LogP contribution in [-0.2, 0) is 4.79 Å². The number of hydrogen-bond acceptors (Lipinski definition) is 2. The second-order valence-electron chi connectivity index (χ2n) is 6.24. The number of carboxylic acids is 1. The summed E-state index contributed by atoms with van der Waals surface area (Å²) in [6.45, 7) is 0.116. The van der Waals surface area contributed by atoms with Gasteiger partial charge in [-0.05, 0) is 37.1 Å². The number of nitrogens with one attached hydrogen (secondary N) is 2. The highest BCUT2D eigenvalue weighted by atomic mass is 19.1. The number of fused-ring (bicyclic) bond motifs is 1.